The third kappa shape index (κ3) is 7.92. The Kier molecular flexibility index (Phi) is 8.83. The lowest BCUT2D eigenvalue weighted by Crippen LogP contribution is -2.49. The highest BCUT2D eigenvalue weighted by molar-refractivity contribution is 5.80. The van der Waals surface area contributed by atoms with E-state index in [0.717, 1.165) is 70.3 Å². The van der Waals surface area contributed by atoms with Gasteiger partial charge in [0.15, 0.2) is 5.96 Å². The Hall–Kier alpha value is -1.53. The van der Waals surface area contributed by atoms with Crippen LogP contribution in [0.25, 0.3) is 0 Å². The van der Waals surface area contributed by atoms with Crippen molar-refractivity contribution in [2.75, 3.05) is 39.3 Å². The fourth-order valence-corrected chi connectivity index (χ4v) is 2.96. The van der Waals surface area contributed by atoms with Gasteiger partial charge in [0.05, 0.1) is 19.0 Å². The largest absolute Gasteiger partial charge is 0.469 e. The maximum absolute atomic E-state index is 5.65. The average molecular weight is 351 g/mol. The second-order valence-corrected chi connectivity index (χ2v) is 6.77. The number of likely N-dealkylation sites (tertiary alicyclic amines) is 1. The summed E-state index contributed by atoms with van der Waals surface area (Å²) < 4.78 is 11.0. The number of aliphatic imine (C=N–C) groups is 1. The van der Waals surface area contributed by atoms with Crippen LogP contribution in [0.3, 0.4) is 0 Å². The number of nitrogens with zero attached hydrogens (tertiary/aromatic N) is 2. The SMILES string of the molecule is CCNC(=NCCc1ccco1)NC1CCN(CCOC(C)C)CC1. The Morgan fingerprint density at radius 1 is 1.40 bits per heavy atom. The number of nitrogens with one attached hydrogen (secondary N) is 2. The van der Waals surface area contributed by atoms with Crippen molar-refractivity contribution in [1.82, 2.24) is 15.5 Å². The molecule has 1 saturated heterocycles. The van der Waals surface area contributed by atoms with Gasteiger partial charge in [-0.15, -0.1) is 0 Å². The van der Waals surface area contributed by atoms with Gasteiger partial charge in [-0.1, -0.05) is 0 Å². The fraction of sp³-hybridized carbons (Fsp3) is 0.737. The minimum Gasteiger partial charge on any atom is -0.469 e. The van der Waals surface area contributed by atoms with E-state index in [1.165, 1.54) is 0 Å². The smallest absolute Gasteiger partial charge is 0.191 e. The van der Waals surface area contributed by atoms with Crippen LogP contribution in [0.1, 0.15) is 39.4 Å². The molecule has 2 rings (SSSR count). The Morgan fingerprint density at radius 2 is 2.20 bits per heavy atom. The number of rotatable bonds is 9. The molecule has 142 valence electrons. The molecule has 1 aliphatic heterocycles. The molecule has 1 aliphatic rings. The van der Waals surface area contributed by atoms with Gasteiger partial charge in [0.25, 0.3) is 0 Å². The van der Waals surface area contributed by atoms with E-state index in [2.05, 4.69) is 41.3 Å². The zero-order valence-corrected chi connectivity index (χ0v) is 16.0. The van der Waals surface area contributed by atoms with E-state index in [-0.39, 0.29) is 0 Å². The maximum Gasteiger partial charge on any atom is 0.191 e. The highest BCUT2D eigenvalue weighted by Crippen LogP contribution is 2.10. The van der Waals surface area contributed by atoms with Crippen molar-refractivity contribution in [1.29, 1.82) is 0 Å². The quantitative estimate of drug-likeness (QED) is 0.528. The van der Waals surface area contributed by atoms with Gasteiger partial charge in [-0.25, -0.2) is 0 Å². The monoisotopic (exact) mass is 350 g/mol. The summed E-state index contributed by atoms with van der Waals surface area (Å²) >= 11 is 0. The third-order valence-electron chi connectivity index (χ3n) is 4.34. The third-order valence-corrected chi connectivity index (χ3v) is 4.34. The molecule has 25 heavy (non-hydrogen) atoms. The van der Waals surface area contributed by atoms with Gasteiger partial charge in [-0.2, -0.15) is 0 Å². The van der Waals surface area contributed by atoms with Crippen LogP contribution < -0.4 is 10.6 Å². The molecule has 0 spiro atoms. The minimum atomic E-state index is 0.319. The van der Waals surface area contributed by atoms with E-state index >= 15 is 0 Å². The van der Waals surface area contributed by atoms with Crippen LogP contribution in [0.2, 0.25) is 0 Å². The lowest BCUT2D eigenvalue weighted by Gasteiger charge is -2.33. The van der Waals surface area contributed by atoms with Crippen LogP contribution in [0, 0.1) is 0 Å². The molecule has 0 unspecified atom stereocenters. The lowest BCUT2D eigenvalue weighted by atomic mass is 10.1. The number of hydrogen-bond donors (Lipinski definition) is 2. The average Bonchev–Trinajstić information content (AvgIpc) is 3.10. The van der Waals surface area contributed by atoms with Gasteiger partial charge >= 0.3 is 0 Å². The van der Waals surface area contributed by atoms with Gasteiger partial charge in [0.2, 0.25) is 0 Å². The number of hydrogen-bond acceptors (Lipinski definition) is 4. The van der Waals surface area contributed by atoms with Crippen LogP contribution in [0.4, 0.5) is 0 Å². The van der Waals surface area contributed by atoms with Gasteiger partial charge < -0.3 is 24.7 Å². The Labute approximate surface area is 152 Å². The first-order chi connectivity index (χ1) is 12.2. The number of furan rings is 1. The highest BCUT2D eigenvalue weighted by atomic mass is 16.5. The van der Waals surface area contributed by atoms with Crippen molar-refractivity contribution in [2.24, 2.45) is 4.99 Å². The molecule has 0 saturated carbocycles. The minimum absolute atomic E-state index is 0.319. The molecular weight excluding hydrogens is 316 g/mol. The summed E-state index contributed by atoms with van der Waals surface area (Å²) in [6, 6.07) is 4.40. The van der Waals surface area contributed by atoms with Crippen molar-refractivity contribution < 1.29 is 9.15 Å². The molecule has 1 fully saturated rings. The van der Waals surface area contributed by atoms with E-state index < -0.39 is 0 Å². The lowest BCUT2D eigenvalue weighted by molar-refractivity contribution is 0.0532. The first-order valence-corrected chi connectivity index (χ1v) is 9.58. The molecule has 0 radical (unpaired) electrons. The molecule has 0 aromatic carbocycles. The maximum atomic E-state index is 5.65. The van der Waals surface area contributed by atoms with Crippen molar-refractivity contribution in [3.8, 4) is 0 Å². The second-order valence-electron chi connectivity index (χ2n) is 6.77. The summed E-state index contributed by atoms with van der Waals surface area (Å²) in [6.07, 6.45) is 5.15. The standard InChI is InChI=1S/C19H34N4O2/c1-4-20-19(21-10-7-18-6-5-14-25-18)22-17-8-11-23(12-9-17)13-15-24-16(2)3/h5-6,14,16-17H,4,7-13,15H2,1-3H3,(H2,20,21,22). The molecule has 6 nitrogen and oxygen atoms in total. The van der Waals surface area contributed by atoms with Crippen LogP contribution in [-0.4, -0.2) is 62.3 Å². The van der Waals surface area contributed by atoms with Crippen LogP contribution in [-0.2, 0) is 11.2 Å². The summed E-state index contributed by atoms with van der Waals surface area (Å²) in [4.78, 5) is 7.16. The van der Waals surface area contributed by atoms with E-state index in [0.29, 0.717) is 12.1 Å². The zero-order valence-electron chi connectivity index (χ0n) is 16.0. The van der Waals surface area contributed by atoms with E-state index in [9.17, 15) is 0 Å². The predicted molar refractivity (Wildman–Crippen MR) is 102 cm³/mol. The predicted octanol–water partition coefficient (Wildman–Crippen LogP) is 2.27. The fourth-order valence-electron chi connectivity index (χ4n) is 2.96. The second kappa shape index (κ2) is 11.2. The number of piperidine rings is 1. The zero-order chi connectivity index (χ0) is 17.9. The van der Waals surface area contributed by atoms with Crippen molar-refractivity contribution in [3.63, 3.8) is 0 Å². The topological polar surface area (TPSA) is 62.0 Å². The Bertz CT molecular complexity index is 480. The molecule has 0 bridgehead atoms. The van der Waals surface area contributed by atoms with Crippen LogP contribution in [0.15, 0.2) is 27.8 Å². The van der Waals surface area contributed by atoms with Crippen molar-refractivity contribution in [2.45, 2.75) is 52.2 Å². The van der Waals surface area contributed by atoms with Gasteiger partial charge in [0, 0.05) is 45.2 Å². The van der Waals surface area contributed by atoms with Gasteiger partial charge in [0.1, 0.15) is 5.76 Å². The molecule has 1 aromatic rings. The first kappa shape index (κ1) is 19.8. The Morgan fingerprint density at radius 3 is 2.84 bits per heavy atom. The molecule has 0 aliphatic carbocycles. The van der Waals surface area contributed by atoms with E-state index in [4.69, 9.17) is 9.15 Å². The highest BCUT2D eigenvalue weighted by Gasteiger charge is 2.19. The van der Waals surface area contributed by atoms with Gasteiger partial charge in [-0.05, 0) is 45.7 Å². The summed E-state index contributed by atoms with van der Waals surface area (Å²) in [5, 5.41) is 6.92. The normalized spacial score (nSPS) is 17.2. The molecule has 0 amide bonds. The van der Waals surface area contributed by atoms with Crippen molar-refractivity contribution in [3.05, 3.63) is 24.2 Å². The molecule has 1 aromatic heterocycles. The summed E-state index contributed by atoms with van der Waals surface area (Å²) in [5.74, 6) is 1.90. The van der Waals surface area contributed by atoms with E-state index in [1.54, 1.807) is 6.26 Å². The summed E-state index contributed by atoms with van der Waals surface area (Å²) in [6.45, 7) is 12.0. The summed E-state index contributed by atoms with van der Waals surface area (Å²) in [5.41, 5.74) is 0. The first-order valence-electron chi connectivity index (χ1n) is 9.58. The van der Waals surface area contributed by atoms with Crippen LogP contribution >= 0.6 is 0 Å². The molecule has 2 heterocycles. The van der Waals surface area contributed by atoms with E-state index in [1.807, 2.05) is 12.1 Å². The van der Waals surface area contributed by atoms with Crippen LogP contribution in [0.5, 0.6) is 0 Å². The summed E-state index contributed by atoms with van der Waals surface area (Å²) in [7, 11) is 0. The Balaban J connectivity index is 1.69. The number of ether oxygens (including phenoxy) is 1. The molecule has 0 atom stereocenters. The van der Waals surface area contributed by atoms with Crippen molar-refractivity contribution >= 4 is 5.96 Å². The molecular formula is C19H34N4O2. The number of guanidine groups is 1. The molecule has 2 N–H and O–H groups in total. The van der Waals surface area contributed by atoms with Gasteiger partial charge in [-0.3, -0.25) is 4.99 Å². The molecule has 6 heteroatoms.